The lowest BCUT2D eigenvalue weighted by molar-refractivity contribution is -0.133. The monoisotopic (exact) mass is 245 g/mol. The molecule has 0 fully saturated rings. The SMILES string of the molecule is COCCC(C)n1cnnc1SCC(=O)O. The number of rotatable bonds is 7. The Hall–Kier alpha value is -1.08. The second-order valence-electron chi connectivity index (χ2n) is 3.33. The Kier molecular flexibility index (Phi) is 5.27. The molecule has 6 nitrogen and oxygen atoms in total. The molecule has 1 heterocycles. The minimum atomic E-state index is -0.857. The molecule has 0 bridgehead atoms. The number of thioether (sulfide) groups is 1. The average Bonchev–Trinajstić information content (AvgIpc) is 2.71. The first kappa shape index (κ1) is 13.0. The van der Waals surface area contributed by atoms with Crippen molar-refractivity contribution in [2.75, 3.05) is 19.5 Å². The van der Waals surface area contributed by atoms with Crippen LogP contribution in [0.1, 0.15) is 19.4 Å². The van der Waals surface area contributed by atoms with E-state index < -0.39 is 5.97 Å². The fourth-order valence-corrected chi connectivity index (χ4v) is 1.93. The van der Waals surface area contributed by atoms with E-state index >= 15 is 0 Å². The molecule has 1 N–H and O–H groups in total. The summed E-state index contributed by atoms with van der Waals surface area (Å²) in [5.74, 6) is -0.862. The normalized spacial score (nSPS) is 12.6. The number of carboxylic acid groups (broad SMARTS) is 1. The molecule has 0 saturated carbocycles. The standard InChI is InChI=1S/C9H15N3O3S/c1-7(3-4-15-2)12-6-10-11-9(12)16-5-8(13)14/h6-7H,3-5H2,1-2H3,(H,13,14). The first-order valence-corrected chi connectivity index (χ1v) is 5.86. The van der Waals surface area contributed by atoms with Crippen molar-refractivity contribution in [3.63, 3.8) is 0 Å². The zero-order valence-electron chi connectivity index (χ0n) is 9.29. The van der Waals surface area contributed by atoms with Gasteiger partial charge in [0.05, 0.1) is 5.75 Å². The van der Waals surface area contributed by atoms with Gasteiger partial charge in [0.15, 0.2) is 5.16 Å². The minimum Gasteiger partial charge on any atom is -0.481 e. The predicted molar refractivity (Wildman–Crippen MR) is 59.6 cm³/mol. The molecule has 0 aliphatic carbocycles. The molecular formula is C9H15N3O3S. The highest BCUT2D eigenvalue weighted by atomic mass is 32.2. The largest absolute Gasteiger partial charge is 0.481 e. The topological polar surface area (TPSA) is 77.2 Å². The van der Waals surface area contributed by atoms with Crippen LogP contribution in [0, 0.1) is 0 Å². The Labute approximate surface area is 98.0 Å². The van der Waals surface area contributed by atoms with E-state index in [1.807, 2.05) is 11.5 Å². The number of nitrogens with zero attached hydrogens (tertiary/aromatic N) is 3. The summed E-state index contributed by atoms with van der Waals surface area (Å²) in [6.07, 6.45) is 2.46. The molecule has 0 radical (unpaired) electrons. The molecule has 0 aromatic carbocycles. The fourth-order valence-electron chi connectivity index (χ4n) is 1.19. The van der Waals surface area contributed by atoms with Crippen LogP contribution in [0.4, 0.5) is 0 Å². The van der Waals surface area contributed by atoms with E-state index in [9.17, 15) is 4.79 Å². The van der Waals surface area contributed by atoms with Crippen LogP contribution in [0.25, 0.3) is 0 Å². The van der Waals surface area contributed by atoms with Crippen LogP contribution in [0.5, 0.6) is 0 Å². The van der Waals surface area contributed by atoms with Crippen molar-refractivity contribution >= 4 is 17.7 Å². The molecule has 1 unspecified atom stereocenters. The molecule has 16 heavy (non-hydrogen) atoms. The number of ether oxygens (including phenoxy) is 1. The molecule has 1 aromatic rings. The van der Waals surface area contributed by atoms with Gasteiger partial charge in [-0.2, -0.15) is 0 Å². The van der Waals surface area contributed by atoms with Crippen molar-refractivity contribution in [3.05, 3.63) is 6.33 Å². The maximum absolute atomic E-state index is 10.4. The molecule has 1 atom stereocenters. The second kappa shape index (κ2) is 6.49. The van der Waals surface area contributed by atoms with Gasteiger partial charge in [-0.25, -0.2) is 0 Å². The number of aromatic nitrogens is 3. The van der Waals surface area contributed by atoms with Crippen LogP contribution in [0.2, 0.25) is 0 Å². The first-order chi connectivity index (χ1) is 7.65. The van der Waals surface area contributed by atoms with Crippen molar-refractivity contribution in [2.45, 2.75) is 24.5 Å². The number of carboxylic acids is 1. The lowest BCUT2D eigenvalue weighted by Gasteiger charge is -2.13. The molecule has 0 saturated heterocycles. The molecule has 90 valence electrons. The van der Waals surface area contributed by atoms with E-state index in [0.29, 0.717) is 11.8 Å². The van der Waals surface area contributed by atoms with Crippen LogP contribution >= 0.6 is 11.8 Å². The van der Waals surface area contributed by atoms with Crippen molar-refractivity contribution < 1.29 is 14.6 Å². The zero-order valence-corrected chi connectivity index (χ0v) is 10.1. The highest BCUT2D eigenvalue weighted by Gasteiger charge is 2.12. The van der Waals surface area contributed by atoms with Gasteiger partial charge in [0.1, 0.15) is 6.33 Å². The number of hydrogen-bond donors (Lipinski definition) is 1. The Morgan fingerprint density at radius 2 is 2.50 bits per heavy atom. The van der Waals surface area contributed by atoms with Gasteiger partial charge in [0, 0.05) is 19.8 Å². The van der Waals surface area contributed by atoms with Crippen LogP contribution in [0.3, 0.4) is 0 Å². The summed E-state index contributed by atoms with van der Waals surface area (Å²) >= 11 is 1.17. The third kappa shape index (κ3) is 3.82. The quantitative estimate of drug-likeness (QED) is 0.723. The molecular weight excluding hydrogens is 230 g/mol. The zero-order chi connectivity index (χ0) is 12.0. The van der Waals surface area contributed by atoms with Gasteiger partial charge in [-0.1, -0.05) is 11.8 Å². The summed E-state index contributed by atoms with van der Waals surface area (Å²) in [4.78, 5) is 10.4. The van der Waals surface area contributed by atoms with E-state index in [4.69, 9.17) is 9.84 Å². The van der Waals surface area contributed by atoms with Crippen molar-refractivity contribution in [3.8, 4) is 0 Å². The lowest BCUT2D eigenvalue weighted by Crippen LogP contribution is -2.09. The van der Waals surface area contributed by atoms with Crippen LogP contribution in [-0.2, 0) is 9.53 Å². The Morgan fingerprint density at radius 3 is 3.12 bits per heavy atom. The first-order valence-electron chi connectivity index (χ1n) is 4.88. The van der Waals surface area contributed by atoms with Crippen molar-refractivity contribution in [1.29, 1.82) is 0 Å². The van der Waals surface area contributed by atoms with Crippen molar-refractivity contribution in [1.82, 2.24) is 14.8 Å². The van der Waals surface area contributed by atoms with E-state index in [0.717, 1.165) is 6.42 Å². The van der Waals surface area contributed by atoms with Gasteiger partial charge in [0.2, 0.25) is 0 Å². The predicted octanol–water partition coefficient (Wildman–Crippen LogP) is 1.05. The number of hydrogen-bond acceptors (Lipinski definition) is 5. The molecule has 1 rings (SSSR count). The summed E-state index contributed by atoms with van der Waals surface area (Å²) in [5, 5.41) is 16.9. The number of aliphatic carboxylic acids is 1. The number of carbonyl (C=O) groups is 1. The Morgan fingerprint density at radius 1 is 1.75 bits per heavy atom. The summed E-state index contributed by atoms with van der Waals surface area (Å²) < 4.78 is 6.86. The highest BCUT2D eigenvalue weighted by Crippen LogP contribution is 2.20. The average molecular weight is 245 g/mol. The molecule has 0 amide bonds. The van der Waals surface area contributed by atoms with E-state index in [2.05, 4.69) is 10.2 Å². The summed E-state index contributed by atoms with van der Waals surface area (Å²) in [6, 6.07) is 0.200. The smallest absolute Gasteiger partial charge is 0.313 e. The highest BCUT2D eigenvalue weighted by molar-refractivity contribution is 7.99. The van der Waals surface area contributed by atoms with E-state index in [-0.39, 0.29) is 11.8 Å². The summed E-state index contributed by atoms with van der Waals surface area (Å²) in [5.41, 5.74) is 0. The van der Waals surface area contributed by atoms with Crippen LogP contribution < -0.4 is 0 Å². The van der Waals surface area contributed by atoms with E-state index in [1.165, 1.54) is 11.8 Å². The van der Waals surface area contributed by atoms with Crippen LogP contribution in [-0.4, -0.2) is 45.3 Å². The van der Waals surface area contributed by atoms with Gasteiger partial charge in [0.25, 0.3) is 0 Å². The molecule has 7 heteroatoms. The maximum Gasteiger partial charge on any atom is 0.313 e. The number of methoxy groups -OCH3 is 1. The van der Waals surface area contributed by atoms with E-state index in [1.54, 1.807) is 13.4 Å². The summed E-state index contributed by atoms with van der Waals surface area (Å²) in [7, 11) is 1.65. The van der Waals surface area contributed by atoms with Gasteiger partial charge in [-0.3, -0.25) is 4.79 Å². The van der Waals surface area contributed by atoms with Gasteiger partial charge >= 0.3 is 5.97 Å². The van der Waals surface area contributed by atoms with Gasteiger partial charge in [-0.05, 0) is 13.3 Å². The maximum atomic E-state index is 10.4. The fraction of sp³-hybridized carbons (Fsp3) is 0.667. The molecule has 1 aromatic heterocycles. The second-order valence-corrected chi connectivity index (χ2v) is 4.28. The Bertz CT molecular complexity index is 342. The van der Waals surface area contributed by atoms with Gasteiger partial charge < -0.3 is 14.4 Å². The summed E-state index contributed by atoms with van der Waals surface area (Å²) in [6.45, 7) is 2.68. The van der Waals surface area contributed by atoms with Crippen molar-refractivity contribution in [2.24, 2.45) is 0 Å². The minimum absolute atomic E-state index is 0.00427. The third-order valence-electron chi connectivity index (χ3n) is 2.08. The Balaban J connectivity index is 2.58. The molecule has 0 spiro atoms. The van der Waals surface area contributed by atoms with Crippen LogP contribution in [0.15, 0.2) is 11.5 Å². The van der Waals surface area contributed by atoms with Gasteiger partial charge in [-0.15, -0.1) is 10.2 Å². The lowest BCUT2D eigenvalue weighted by atomic mass is 10.2. The third-order valence-corrected chi connectivity index (χ3v) is 3.02. The molecule has 0 aliphatic rings. The molecule has 0 aliphatic heterocycles.